The number of hydrogen-bond donors (Lipinski definition) is 1. The molecule has 0 saturated heterocycles. The molecule has 1 N–H and O–H groups in total. The SMILES string of the molecule is O=C(O)C1CC1COc1ccc(-c2cc(OC3CCC3)ccc2F)cc1. The highest BCUT2D eigenvalue weighted by atomic mass is 19.1. The molecule has 5 heteroatoms. The lowest BCUT2D eigenvalue weighted by Gasteiger charge is -2.26. The molecule has 2 aliphatic carbocycles. The van der Waals surface area contributed by atoms with E-state index in [1.165, 1.54) is 12.5 Å². The number of hydrogen-bond acceptors (Lipinski definition) is 3. The van der Waals surface area contributed by atoms with E-state index in [2.05, 4.69) is 0 Å². The third-order valence-corrected chi connectivity index (χ3v) is 5.16. The van der Waals surface area contributed by atoms with Crippen molar-refractivity contribution in [3.05, 3.63) is 48.3 Å². The number of aliphatic carboxylic acids is 1. The summed E-state index contributed by atoms with van der Waals surface area (Å²) in [6, 6.07) is 12.0. The minimum atomic E-state index is -0.756. The number of carboxylic acid groups (broad SMARTS) is 1. The largest absolute Gasteiger partial charge is 0.493 e. The Hall–Kier alpha value is -2.56. The molecular weight excluding hydrogens is 335 g/mol. The van der Waals surface area contributed by atoms with Crippen molar-refractivity contribution in [2.24, 2.45) is 11.8 Å². The Labute approximate surface area is 151 Å². The monoisotopic (exact) mass is 356 g/mol. The molecule has 0 amide bonds. The molecule has 0 aliphatic heterocycles. The first-order valence-electron chi connectivity index (χ1n) is 9.02. The number of carbonyl (C=O) groups is 1. The van der Waals surface area contributed by atoms with Crippen LogP contribution in [0.25, 0.3) is 11.1 Å². The summed E-state index contributed by atoms with van der Waals surface area (Å²) in [4.78, 5) is 10.8. The van der Waals surface area contributed by atoms with Gasteiger partial charge in [0.25, 0.3) is 0 Å². The van der Waals surface area contributed by atoms with E-state index in [1.54, 1.807) is 24.3 Å². The van der Waals surface area contributed by atoms with Crippen molar-refractivity contribution in [2.75, 3.05) is 6.61 Å². The van der Waals surface area contributed by atoms with Crippen LogP contribution in [0.15, 0.2) is 42.5 Å². The van der Waals surface area contributed by atoms with Gasteiger partial charge in [0.15, 0.2) is 0 Å². The van der Waals surface area contributed by atoms with Crippen LogP contribution < -0.4 is 9.47 Å². The van der Waals surface area contributed by atoms with Crippen LogP contribution in [-0.2, 0) is 4.79 Å². The van der Waals surface area contributed by atoms with E-state index >= 15 is 0 Å². The predicted molar refractivity (Wildman–Crippen MR) is 94.8 cm³/mol. The molecule has 2 aromatic carbocycles. The summed E-state index contributed by atoms with van der Waals surface area (Å²) in [6.45, 7) is 0.398. The molecule has 4 nitrogen and oxygen atoms in total. The topological polar surface area (TPSA) is 55.8 Å². The van der Waals surface area contributed by atoms with Crippen molar-refractivity contribution in [3.63, 3.8) is 0 Å². The van der Waals surface area contributed by atoms with E-state index < -0.39 is 5.97 Å². The first-order chi connectivity index (χ1) is 12.6. The quantitative estimate of drug-likeness (QED) is 0.792. The molecule has 0 heterocycles. The summed E-state index contributed by atoms with van der Waals surface area (Å²) in [5, 5.41) is 8.90. The third-order valence-electron chi connectivity index (χ3n) is 5.16. The van der Waals surface area contributed by atoms with E-state index in [4.69, 9.17) is 14.6 Å². The van der Waals surface area contributed by atoms with Crippen LogP contribution in [0.4, 0.5) is 4.39 Å². The van der Waals surface area contributed by atoms with Crippen molar-refractivity contribution in [1.29, 1.82) is 0 Å². The molecule has 0 bridgehead atoms. The van der Waals surface area contributed by atoms with Gasteiger partial charge in [0.2, 0.25) is 0 Å². The second-order valence-corrected chi connectivity index (χ2v) is 7.09. The molecule has 26 heavy (non-hydrogen) atoms. The molecule has 0 spiro atoms. The molecule has 2 atom stereocenters. The summed E-state index contributed by atoms with van der Waals surface area (Å²) < 4.78 is 25.7. The zero-order valence-electron chi connectivity index (χ0n) is 14.4. The molecule has 0 aromatic heterocycles. The molecule has 136 valence electrons. The fraction of sp³-hybridized carbons (Fsp3) is 0.381. The van der Waals surface area contributed by atoms with Crippen LogP contribution >= 0.6 is 0 Å². The minimum absolute atomic E-state index is 0.0879. The Balaban J connectivity index is 1.41. The summed E-state index contributed by atoms with van der Waals surface area (Å²) in [7, 11) is 0. The fourth-order valence-corrected chi connectivity index (χ4v) is 3.15. The number of halogens is 1. The Bertz CT molecular complexity index is 798. The van der Waals surface area contributed by atoms with Gasteiger partial charge >= 0.3 is 5.97 Å². The van der Waals surface area contributed by atoms with Crippen LogP contribution in [-0.4, -0.2) is 23.8 Å². The Kier molecular flexibility index (Phi) is 4.53. The zero-order valence-corrected chi connectivity index (χ0v) is 14.4. The number of ether oxygens (including phenoxy) is 2. The Morgan fingerprint density at radius 3 is 2.46 bits per heavy atom. The standard InChI is InChI=1S/C21H21FO4/c22-20-9-8-17(26-16-2-1-3-16)11-18(20)13-4-6-15(7-5-13)25-12-14-10-19(14)21(23)24/h4-9,11,14,16,19H,1-3,10,12H2,(H,23,24). The second kappa shape index (κ2) is 6.98. The molecule has 2 aromatic rings. The summed E-state index contributed by atoms with van der Waals surface area (Å²) in [5.74, 6) is 0.119. The maximum absolute atomic E-state index is 14.2. The highest BCUT2D eigenvalue weighted by Crippen LogP contribution is 2.39. The van der Waals surface area contributed by atoms with E-state index in [-0.39, 0.29) is 23.8 Å². The number of rotatable bonds is 7. The van der Waals surface area contributed by atoms with Crippen LogP contribution in [0.2, 0.25) is 0 Å². The minimum Gasteiger partial charge on any atom is -0.493 e. The lowest BCUT2D eigenvalue weighted by Crippen LogP contribution is -2.24. The van der Waals surface area contributed by atoms with Gasteiger partial charge in [-0.15, -0.1) is 0 Å². The van der Waals surface area contributed by atoms with Gasteiger partial charge in [-0.25, -0.2) is 4.39 Å². The second-order valence-electron chi connectivity index (χ2n) is 7.09. The fourth-order valence-electron chi connectivity index (χ4n) is 3.15. The normalized spacial score (nSPS) is 21.7. The summed E-state index contributed by atoms with van der Waals surface area (Å²) >= 11 is 0. The maximum Gasteiger partial charge on any atom is 0.306 e. The lowest BCUT2D eigenvalue weighted by atomic mass is 9.96. The van der Waals surface area contributed by atoms with Gasteiger partial charge in [-0.05, 0) is 61.6 Å². The van der Waals surface area contributed by atoms with Crippen molar-refractivity contribution in [1.82, 2.24) is 0 Å². The average molecular weight is 356 g/mol. The van der Waals surface area contributed by atoms with E-state index in [0.29, 0.717) is 30.1 Å². The van der Waals surface area contributed by atoms with Crippen molar-refractivity contribution >= 4 is 5.97 Å². The predicted octanol–water partition coefficient (Wildman–Crippen LogP) is 4.52. The smallest absolute Gasteiger partial charge is 0.306 e. The lowest BCUT2D eigenvalue weighted by molar-refractivity contribution is -0.138. The summed E-state index contributed by atoms with van der Waals surface area (Å²) in [6.07, 6.45) is 4.23. The number of benzene rings is 2. The van der Waals surface area contributed by atoms with Gasteiger partial charge in [0.05, 0.1) is 18.6 Å². The summed E-state index contributed by atoms with van der Waals surface area (Å²) in [5.41, 5.74) is 1.25. The van der Waals surface area contributed by atoms with Crippen molar-refractivity contribution in [3.8, 4) is 22.6 Å². The van der Waals surface area contributed by atoms with Crippen LogP contribution in [0, 0.1) is 17.7 Å². The maximum atomic E-state index is 14.2. The van der Waals surface area contributed by atoms with Crippen LogP contribution in [0.1, 0.15) is 25.7 Å². The molecule has 2 saturated carbocycles. The molecule has 2 fully saturated rings. The van der Waals surface area contributed by atoms with Crippen molar-refractivity contribution < 1.29 is 23.8 Å². The van der Waals surface area contributed by atoms with Crippen LogP contribution in [0.3, 0.4) is 0 Å². The highest BCUT2D eigenvalue weighted by Gasteiger charge is 2.43. The molecule has 0 radical (unpaired) electrons. The van der Waals surface area contributed by atoms with E-state index in [9.17, 15) is 9.18 Å². The van der Waals surface area contributed by atoms with Crippen LogP contribution in [0.5, 0.6) is 11.5 Å². The molecule has 4 rings (SSSR count). The van der Waals surface area contributed by atoms with Gasteiger partial charge in [0.1, 0.15) is 17.3 Å². The highest BCUT2D eigenvalue weighted by molar-refractivity contribution is 5.73. The van der Waals surface area contributed by atoms with Gasteiger partial charge in [-0.1, -0.05) is 12.1 Å². The molecule has 2 unspecified atom stereocenters. The Morgan fingerprint density at radius 2 is 1.85 bits per heavy atom. The van der Waals surface area contributed by atoms with E-state index in [0.717, 1.165) is 18.4 Å². The van der Waals surface area contributed by atoms with E-state index in [1.807, 2.05) is 12.1 Å². The Morgan fingerprint density at radius 1 is 1.12 bits per heavy atom. The first kappa shape index (κ1) is 16.9. The van der Waals surface area contributed by atoms with Gasteiger partial charge < -0.3 is 14.6 Å². The number of carboxylic acids is 1. The van der Waals surface area contributed by atoms with Gasteiger partial charge in [0, 0.05) is 11.5 Å². The first-order valence-corrected chi connectivity index (χ1v) is 9.02. The van der Waals surface area contributed by atoms with Crippen molar-refractivity contribution in [2.45, 2.75) is 31.8 Å². The average Bonchev–Trinajstić information content (AvgIpc) is 3.38. The third kappa shape index (κ3) is 3.66. The zero-order chi connectivity index (χ0) is 18.1. The van der Waals surface area contributed by atoms with Gasteiger partial charge in [-0.3, -0.25) is 4.79 Å². The van der Waals surface area contributed by atoms with Gasteiger partial charge in [-0.2, -0.15) is 0 Å². The molecular formula is C21H21FO4. The molecule has 2 aliphatic rings.